The van der Waals surface area contributed by atoms with Crippen molar-refractivity contribution in [1.82, 2.24) is 4.98 Å². The van der Waals surface area contributed by atoms with E-state index in [0.717, 1.165) is 21.1 Å². The molecule has 0 bridgehead atoms. The second-order valence-corrected chi connectivity index (χ2v) is 6.27. The second kappa shape index (κ2) is 6.17. The third-order valence-corrected chi connectivity index (χ3v) is 4.74. The maximum Gasteiger partial charge on any atom is 0.246 e. The number of nitrogens with two attached hydrogens (primary N) is 1. The van der Waals surface area contributed by atoms with E-state index in [9.17, 15) is 4.79 Å². The standard InChI is InChI=1S/C15H13N3OS2/c16-13(12-2-1-8-20-12)14(19)18-11-5-3-10(4-6-11)15-17-7-9-21-15/h1-9,13H,16H2,(H,18,19). The number of carbonyl (C=O) groups is 1. The maximum absolute atomic E-state index is 12.1. The van der Waals surface area contributed by atoms with Crippen molar-refractivity contribution in [2.45, 2.75) is 6.04 Å². The fraction of sp³-hybridized carbons (Fsp3) is 0.0667. The van der Waals surface area contributed by atoms with Crippen molar-refractivity contribution in [2.24, 2.45) is 5.73 Å². The lowest BCUT2D eigenvalue weighted by atomic mass is 10.2. The van der Waals surface area contributed by atoms with Gasteiger partial charge in [-0.2, -0.15) is 0 Å². The quantitative estimate of drug-likeness (QED) is 0.774. The summed E-state index contributed by atoms with van der Waals surface area (Å²) in [5.41, 5.74) is 7.69. The lowest BCUT2D eigenvalue weighted by molar-refractivity contribution is -0.117. The van der Waals surface area contributed by atoms with Crippen LogP contribution < -0.4 is 11.1 Å². The van der Waals surface area contributed by atoms with Gasteiger partial charge in [0.05, 0.1) is 0 Å². The lowest BCUT2D eigenvalue weighted by Gasteiger charge is -2.11. The number of carbonyl (C=O) groups excluding carboxylic acids is 1. The molecule has 21 heavy (non-hydrogen) atoms. The van der Waals surface area contributed by atoms with E-state index >= 15 is 0 Å². The molecule has 1 aromatic carbocycles. The molecule has 0 radical (unpaired) electrons. The number of amides is 1. The van der Waals surface area contributed by atoms with Gasteiger partial charge in [0.25, 0.3) is 0 Å². The van der Waals surface area contributed by atoms with E-state index in [4.69, 9.17) is 5.73 Å². The Kier molecular flexibility index (Phi) is 4.10. The molecule has 106 valence electrons. The third kappa shape index (κ3) is 3.18. The van der Waals surface area contributed by atoms with Gasteiger partial charge in [-0.15, -0.1) is 22.7 Å². The number of thiophene rings is 1. The molecule has 0 fully saturated rings. The van der Waals surface area contributed by atoms with Gasteiger partial charge in [-0.05, 0) is 35.7 Å². The molecular weight excluding hydrogens is 302 g/mol. The molecule has 0 aliphatic carbocycles. The van der Waals surface area contributed by atoms with E-state index in [-0.39, 0.29) is 5.91 Å². The Morgan fingerprint density at radius 3 is 2.57 bits per heavy atom. The number of anilines is 1. The Balaban J connectivity index is 1.69. The minimum absolute atomic E-state index is 0.209. The fourth-order valence-corrected chi connectivity index (χ4v) is 3.25. The number of nitrogens with one attached hydrogen (secondary N) is 1. The molecule has 0 spiro atoms. The summed E-state index contributed by atoms with van der Waals surface area (Å²) in [4.78, 5) is 17.2. The molecule has 0 saturated carbocycles. The normalized spacial score (nSPS) is 12.0. The van der Waals surface area contributed by atoms with Gasteiger partial charge >= 0.3 is 0 Å². The fourth-order valence-electron chi connectivity index (χ4n) is 1.88. The van der Waals surface area contributed by atoms with Crippen molar-refractivity contribution in [2.75, 3.05) is 5.32 Å². The minimum atomic E-state index is -0.636. The largest absolute Gasteiger partial charge is 0.324 e. The molecule has 0 saturated heterocycles. The number of thiazole rings is 1. The lowest BCUT2D eigenvalue weighted by Crippen LogP contribution is -2.26. The zero-order chi connectivity index (χ0) is 14.7. The Bertz CT molecular complexity index is 706. The number of aromatic nitrogens is 1. The second-order valence-electron chi connectivity index (χ2n) is 4.40. The Hall–Kier alpha value is -2.02. The van der Waals surface area contributed by atoms with Crippen molar-refractivity contribution in [1.29, 1.82) is 0 Å². The molecule has 2 heterocycles. The SMILES string of the molecule is NC(C(=O)Nc1ccc(-c2nccs2)cc1)c1cccs1. The summed E-state index contributed by atoms with van der Waals surface area (Å²) >= 11 is 3.06. The van der Waals surface area contributed by atoms with Crippen LogP contribution in [0.1, 0.15) is 10.9 Å². The zero-order valence-corrected chi connectivity index (χ0v) is 12.7. The first-order valence-corrected chi connectivity index (χ1v) is 8.10. The predicted molar refractivity (Wildman–Crippen MR) is 87.4 cm³/mol. The van der Waals surface area contributed by atoms with Gasteiger partial charge in [0.15, 0.2) is 0 Å². The highest BCUT2D eigenvalue weighted by Crippen LogP contribution is 2.24. The Morgan fingerprint density at radius 2 is 1.95 bits per heavy atom. The smallest absolute Gasteiger partial charge is 0.246 e. The van der Waals surface area contributed by atoms with Crippen molar-refractivity contribution in [3.05, 3.63) is 58.2 Å². The number of benzene rings is 1. The minimum Gasteiger partial charge on any atom is -0.324 e. The summed E-state index contributed by atoms with van der Waals surface area (Å²) in [5, 5.41) is 7.63. The van der Waals surface area contributed by atoms with Crippen molar-refractivity contribution in [3.63, 3.8) is 0 Å². The van der Waals surface area contributed by atoms with Gasteiger partial charge in [-0.25, -0.2) is 4.98 Å². The summed E-state index contributed by atoms with van der Waals surface area (Å²) in [5.74, 6) is -0.209. The zero-order valence-electron chi connectivity index (χ0n) is 11.0. The molecule has 2 aromatic heterocycles. The average Bonchev–Trinajstić information content (AvgIpc) is 3.20. The van der Waals surface area contributed by atoms with Crippen LogP contribution in [-0.4, -0.2) is 10.9 Å². The van der Waals surface area contributed by atoms with Crippen LogP contribution in [0.2, 0.25) is 0 Å². The van der Waals surface area contributed by atoms with Crippen LogP contribution in [0.25, 0.3) is 10.6 Å². The van der Waals surface area contributed by atoms with E-state index in [2.05, 4.69) is 10.3 Å². The van der Waals surface area contributed by atoms with E-state index in [0.29, 0.717) is 0 Å². The van der Waals surface area contributed by atoms with Crippen LogP contribution >= 0.6 is 22.7 Å². The topological polar surface area (TPSA) is 68.0 Å². The third-order valence-electron chi connectivity index (χ3n) is 2.96. The van der Waals surface area contributed by atoms with E-state index in [1.165, 1.54) is 11.3 Å². The monoisotopic (exact) mass is 315 g/mol. The van der Waals surface area contributed by atoms with Crippen LogP contribution in [0.5, 0.6) is 0 Å². The number of rotatable bonds is 4. The number of nitrogens with zero attached hydrogens (tertiary/aromatic N) is 1. The molecule has 1 atom stereocenters. The van der Waals surface area contributed by atoms with Crippen LogP contribution in [-0.2, 0) is 4.79 Å². The highest BCUT2D eigenvalue weighted by Gasteiger charge is 2.16. The van der Waals surface area contributed by atoms with Crippen LogP contribution in [0.3, 0.4) is 0 Å². The first-order valence-electron chi connectivity index (χ1n) is 6.34. The van der Waals surface area contributed by atoms with Gasteiger partial charge in [0.1, 0.15) is 11.0 Å². The van der Waals surface area contributed by atoms with Gasteiger partial charge in [0.2, 0.25) is 5.91 Å². The van der Waals surface area contributed by atoms with Gasteiger partial charge in [0, 0.05) is 27.7 Å². The highest BCUT2D eigenvalue weighted by atomic mass is 32.1. The first-order chi connectivity index (χ1) is 10.2. The van der Waals surface area contributed by atoms with Crippen LogP contribution in [0.4, 0.5) is 5.69 Å². The molecule has 1 unspecified atom stereocenters. The van der Waals surface area contributed by atoms with E-state index in [1.54, 1.807) is 17.5 Å². The van der Waals surface area contributed by atoms with Gasteiger partial charge in [-0.3, -0.25) is 4.79 Å². The van der Waals surface area contributed by atoms with Crippen molar-refractivity contribution < 1.29 is 4.79 Å². The number of hydrogen-bond acceptors (Lipinski definition) is 5. The summed E-state index contributed by atoms with van der Waals surface area (Å²) in [6, 6.07) is 10.7. The molecule has 6 heteroatoms. The molecule has 0 aliphatic rings. The summed E-state index contributed by atoms with van der Waals surface area (Å²) in [7, 11) is 0. The van der Waals surface area contributed by atoms with Gasteiger partial charge < -0.3 is 11.1 Å². The summed E-state index contributed by atoms with van der Waals surface area (Å²) in [6.07, 6.45) is 1.77. The number of hydrogen-bond donors (Lipinski definition) is 2. The highest BCUT2D eigenvalue weighted by molar-refractivity contribution is 7.13. The van der Waals surface area contributed by atoms with E-state index in [1.807, 2.05) is 47.2 Å². The summed E-state index contributed by atoms with van der Waals surface area (Å²) in [6.45, 7) is 0. The maximum atomic E-state index is 12.1. The van der Waals surface area contributed by atoms with Gasteiger partial charge in [-0.1, -0.05) is 6.07 Å². The Labute approximate surface area is 130 Å². The molecule has 3 N–H and O–H groups in total. The summed E-state index contributed by atoms with van der Waals surface area (Å²) < 4.78 is 0. The molecular formula is C15H13N3OS2. The molecule has 3 rings (SSSR count). The first kappa shape index (κ1) is 13.9. The molecule has 4 nitrogen and oxygen atoms in total. The molecule has 0 aliphatic heterocycles. The van der Waals surface area contributed by atoms with Crippen LogP contribution in [0.15, 0.2) is 53.4 Å². The van der Waals surface area contributed by atoms with Crippen molar-refractivity contribution >= 4 is 34.3 Å². The predicted octanol–water partition coefficient (Wildman–Crippen LogP) is 3.51. The molecule has 3 aromatic rings. The van der Waals surface area contributed by atoms with Crippen molar-refractivity contribution in [3.8, 4) is 10.6 Å². The average molecular weight is 315 g/mol. The van der Waals surface area contributed by atoms with Crippen LogP contribution in [0, 0.1) is 0 Å². The Morgan fingerprint density at radius 1 is 1.14 bits per heavy atom. The van der Waals surface area contributed by atoms with E-state index < -0.39 is 6.04 Å². The molecule has 1 amide bonds.